The van der Waals surface area contributed by atoms with E-state index >= 15 is 0 Å². The van der Waals surface area contributed by atoms with E-state index in [1.54, 1.807) is 0 Å². The fourth-order valence-corrected chi connectivity index (χ4v) is 3.46. The molecule has 0 bridgehead atoms. The van der Waals surface area contributed by atoms with E-state index in [2.05, 4.69) is 16.0 Å². The monoisotopic (exact) mass is 853 g/mol. The number of halogens is 3. The first-order chi connectivity index (χ1) is 19.3. The van der Waals surface area contributed by atoms with Gasteiger partial charge in [-0.1, -0.05) is 182 Å². The molecule has 6 aromatic carbocycles. The zero-order valence-corrected chi connectivity index (χ0v) is 30.5. The maximum atomic E-state index is 4.44. The standard InChI is InChI=1S/3C12H10N.3BrH.2Fe/c3*1-3-7-11(8-4-1)13-12-9-5-2-6-10-12;;;;;/h3*1-10H;3*1H;;/q3*-1;;;;2*+3/p-3. The minimum atomic E-state index is 0. The summed E-state index contributed by atoms with van der Waals surface area (Å²) in [6.45, 7) is 0. The molecule has 0 amide bonds. The molecular formula is C36H30Br3Fe2N3. The molecule has 3 nitrogen and oxygen atoms in total. The summed E-state index contributed by atoms with van der Waals surface area (Å²) < 4.78 is 0. The van der Waals surface area contributed by atoms with Crippen LogP contribution >= 0.6 is 0 Å². The third kappa shape index (κ3) is 17.5. The Morgan fingerprint density at radius 2 is 0.318 bits per heavy atom. The normalized spacial score (nSPS) is 8.45. The Bertz CT molecular complexity index is 1160. The molecule has 0 aliphatic rings. The maximum Gasteiger partial charge on any atom is 3.00 e. The molecule has 0 spiro atoms. The zero-order chi connectivity index (χ0) is 26.8. The Labute approximate surface area is 314 Å². The van der Waals surface area contributed by atoms with Crippen LogP contribution in [0.5, 0.6) is 0 Å². The fraction of sp³-hybridized carbons (Fsp3) is 0. The molecule has 6 rings (SSSR count). The minimum Gasteiger partial charge on any atom is -1.00 e. The average Bonchev–Trinajstić information content (AvgIpc) is 3.01. The molecule has 8 heteroatoms. The smallest absolute Gasteiger partial charge is 1.00 e. The molecule has 0 saturated heterocycles. The molecule has 0 unspecified atom stereocenters. The van der Waals surface area contributed by atoms with Crippen molar-refractivity contribution in [3.8, 4) is 0 Å². The third-order valence-corrected chi connectivity index (χ3v) is 5.31. The van der Waals surface area contributed by atoms with E-state index in [-0.39, 0.29) is 85.1 Å². The van der Waals surface area contributed by atoms with Gasteiger partial charge < -0.3 is 66.9 Å². The molecule has 6 aromatic rings. The summed E-state index contributed by atoms with van der Waals surface area (Å²) in [5, 5.41) is 13.3. The van der Waals surface area contributed by atoms with Crippen molar-refractivity contribution >= 4 is 34.1 Å². The Kier molecular flexibility index (Phi) is 26.2. The first-order valence-corrected chi connectivity index (χ1v) is 12.8. The van der Waals surface area contributed by atoms with Gasteiger partial charge in [-0.15, -0.1) is 34.1 Å². The molecule has 0 fully saturated rings. The van der Waals surface area contributed by atoms with Crippen LogP contribution in [0.4, 0.5) is 34.1 Å². The largest absolute Gasteiger partial charge is 3.00 e. The molecular weight excluding hydrogens is 826 g/mol. The number of para-hydroxylation sites is 6. The van der Waals surface area contributed by atoms with Gasteiger partial charge in [0.1, 0.15) is 0 Å². The second-order valence-electron chi connectivity index (χ2n) is 8.35. The number of benzene rings is 6. The number of nitrogens with zero attached hydrogens (tertiary/aromatic N) is 3. The molecule has 0 aromatic heterocycles. The van der Waals surface area contributed by atoms with Gasteiger partial charge >= 0.3 is 34.1 Å². The molecule has 44 heavy (non-hydrogen) atoms. The van der Waals surface area contributed by atoms with Gasteiger partial charge in [0.25, 0.3) is 0 Å². The van der Waals surface area contributed by atoms with Gasteiger partial charge in [-0.3, -0.25) is 0 Å². The summed E-state index contributed by atoms with van der Waals surface area (Å²) in [7, 11) is 0. The number of rotatable bonds is 6. The molecule has 0 aliphatic heterocycles. The van der Waals surface area contributed by atoms with E-state index in [9.17, 15) is 0 Å². The van der Waals surface area contributed by atoms with Crippen LogP contribution in [0.15, 0.2) is 182 Å². The first-order valence-electron chi connectivity index (χ1n) is 12.8. The molecule has 0 heterocycles. The van der Waals surface area contributed by atoms with Crippen LogP contribution in [0.25, 0.3) is 16.0 Å². The first kappa shape index (κ1) is 43.3. The van der Waals surface area contributed by atoms with E-state index in [0.29, 0.717) is 0 Å². The molecule has 2 radical (unpaired) electrons. The Hall–Kier alpha value is -2.80. The van der Waals surface area contributed by atoms with Crippen molar-refractivity contribution < 1.29 is 85.1 Å². The summed E-state index contributed by atoms with van der Waals surface area (Å²) in [6.07, 6.45) is 0. The predicted octanol–water partition coefficient (Wildman–Crippen LogP) is 3.08. The Morgan fingerprint density at radius 3 is 0.432 bits per heavy atom. The van der Waals surface area contributed by atoms with Crippen molar-refractivity contribution in [1.82, 2.24) is 0 Å². The Morgan fingerprint density at radius 1 is 0.205 bits per heavy atom. The van der Waals surface area contributed by atoms with Crippen molar-refractivity contribution in [3.63, 3.8) is 0 Å². The summed E-state index contributed by atoms with van der Waals surface area (Å²) in [5.41, 5.74) is 5.97. The molecule has 0 aliphatic carbocycles. The quantitative estimate of drug-likeness (QED) is 0.232. The van der Waals surface area contributed by atoms with E-state index in [0.717, 1.165) is 34.1 Å². The number of hydrogen-bond acceptors (Lipinski definition) is 0. The van der Waals surface area contributed by atoms with Gasteiger partial charge in [0.15, 0.2) is 0 Å². The molecule has 0 atom stereocenters. The van der Waals surface area contributed by atoms with Crippen molar-refractivity contribution in [1.29, 1.82) is 0 Å². The summed E-state index contributed by atoms with van der Waals surface area (Å²) in [4.78, 5) is 0. The summed E-state index contributed by atoms with van der Waals surface area (Å²) in [5.74, 6) is 0. The van der Waals surface area contributed by atoms with Gasteiger partial charge in [0.05, 0.1) is 0 Å². The molecule has 0 saturated carbocycles. The van der Waals surface area contributed by atoms with Crippen molar-refractivity contribution in [2.24, 2.45) is 0 Å². The van der Waals surface area contributed by atoms with Crippen LogP contribution in [-0.4, -0.2) is 0 Å². The second kappa shape index (κ2) is 26.6. The van der Waals surface area contributed by atoms with Crippen LogP contribution in [-0.2, 0) is 34.1 Å². The van der Waals surface area contributed by atoms with Crippen LogP contribution in [0.1, 0.15) is 0 Å². The van der Waals surface area contributed by atoms with Gasteiger partial charge in [-0.05, 0) is 0 Å². The minimum absolute atomic E-state index is 0. The van der Waals surface area contributed by atoms with Crippen LogP contribution in [0.2, 0.25) is 0 Å². The zero-order valence-electron chi connectivity index (χ0n) is 23.5. The van der Waals surface area contributed by atoms with Gasteiger partial charge in [-0.25, -0.2) is 0 Å². The van der Waals surface area contributed by atoms with Crippen molar-refractivity contribution in [2.75, 3.05) is 0 Å². The SMILES string of the molecule is [Br-].[Br-].[Br-].[Fe+3].[Fe+3].c1ccc([N-]c2ccccc2)cc1.c1ccc([N-]c2ccccc2)cc1.c1ccc([N-]c2ccccc2)cc1. The van der Waals surface area contributed by atoms with E-state index < -0.39 is 0 Å². The van der Waals surface area contributed by atoms with Gasteiger partial charge in [0, 0.05) is 0 Å². The maximum absolute atomic E-state index is 4.44. The van der Waals surface area contributed by atoms with E-state index in [4.69, 9.17) is 0 Å². The van der Waals surface area contributed by atoms with Crippen LogP contribution in [0.3, 0.4) is 0 Å². The van der Waals surface area contributed by atoms with Crippen molar-refractivity contribution in [2.45, 2.75) is 0 Å². The Balaban J connectivity index is 0. The summed E-state index contributed by atoms with van der Waals surface area (Å²) in [6, 6.07) is 59.7. The third-order valence-electron chi connectivity index (χ3n) is 5.31. The number of hydrogen-bond donors (Lipinski definition) is 0. The average molecular weight is 856 g/mol. The van der Waals surface area contributed by atoms with Gasteiger partial charge in [-0.2, -0.15) is 0 Å². The molecule has 0 N–H and O–H groups in total. The molecule has 226 valence electrons. The van der Waals surface area contributed by atoms with Crippen molar-refractivity contribution in [3.05, 3.63) is 198 Å². The van der Waals surface area contributed by atoms with Gasteiger partial charge in [0.2, 0.25) is 0 Å². The fourth-order valence-electron chi connectivity index (χ4n) is 3.46. The van der Waals surface area contributed by atoms with E-state index in [1.165, 1.54) is 0 Å². The topological polar surface area (TPSA) is 42.3 Å². The summed E-state index contributed by atoms with van der Waals surface area (Å²) >= 11 is 0. The predicted molar refractivity (Wildman–Crippen MR) is 167 cm³/mol. The van der Waals surface area contributed by atoms with Crippen LogP contribution < -0.4 is 50.9 Å². The second-order valence-corrected chi connectivity index (χ2v) is 8.35. The van der Waals surface area contributed by atoms with E-state index in [1.807, 2.05) is 182 Å². The van der Waals surface area contributed by atoms with Crippen LogP contribution in [0, 0.1) is 0 Å².